The summed E-state index contributed by atoms with van der Waals surface area (Å²) in [6, 6.07) is 8.68. The van der Waals surface area contributed by atoms with Gasteiger partial charge >= 0.3 is 5.97 Å². The second-order valence-corrected chi connectivity index (χ2v) is 9.20. The molecule has 0 aliphatic carbocycles. The lowest BCUT2D eigenvalue weighted by atomic mass is 9.89. The van der Waals surface area contributed by atoms with Crippen LogP contribution in [-0.4, -0.2) is 53.0 Å². The first kappa shape index (κ1) is 24.8. The van der Waals surface area contributed by atoms with Gasteiger partial charge in [-0.25, -0.2) is 18.6 Å². The highest BCUT2D eigenvalue weighted by molar-refractivity contribution is 5.98. The summed E-state index contributed by atoms with van der Waals surface area (Å²) < 4.78 is 34.0. The first-order chi connectivity index (χ1) is 17.9. The normalized spacial score (nSPS) is 15.5. The molecule has 0 saturated carbocycles. The van der Waals surface area contributed by atoms with E-state index >= 15 is 0 Å². The molecule has 37 heavy (non-hydrogen) atoms. The molecule has 0 radical (unpaired) electrons. The molecule has 1 aromatic carbocycles. The maximum Gasteiger partial charge on any atom is 0.357 e. The molecule has 9 heteroatoms. The number of carbonyl (C=O) groups is 2. The van der Waals surface area contributed by atoms with Crippen LogP contribution >= 0.6 is 0 Å². The first-order valence-corrected chi connectivity index (χ1v) is 12.5. The lowest BCUT2D eigenvalue weighted by molar-refractivity contribution is -0.128. The van der Waals surface area contributed by atoms with Gasteiger partial charge in [-0.15, -0.1) is 0 Å². The summed E-state index contributed by atoms with van der Waals surface area (Å²) in [5.74, 6) is -0.118. The Balaban J connectivity index is 1.62. The van der Waals surface area contributed by atoms with Crippen LogP contribution in [0.1, 0.15) is 60.3 Å². The molecule has 5 rings (SSSR count). The average molecular weight is 507 g/mol. The molecule has 2 aromatic heterocycles. The number of benzene rings is 1. The lowest BCUT2D eigenvalue weighted by Crippen LogP contribution is -2.32. The zero-order chi connectivity index (χ0) is 26.1. The Morgan fingerprint density at radius 3 is 2.70 bits per heavy atom. The monoisotopic (exact) mass is 506 g/mol. The van der Waals surface area contributed by atoms with Gasteiger partial charge in [0, 0.05) is 49.4 Å². The number of nitrogens with zero attached hydrogens (tertiary/aromatic N) is 4. The molecule has 0 fully saturated rings. The van der Waals surface area contributed by atoms with Crippen LogP contribution in [0.4, 0.5) is 20.3 Å². The minimum absolute atomic E-state index is 0.0242. The van der Waals surface area contributed by atoms with Crippen molar-refractivity contribution in [3.05, 3.63) is 65.0 Å². The van der Waals surface area contributed by atoms with E-state index < -0.39 is 12.4 Å². The van der Waals surface area contributed by atoms with Crippen LogP contribution in [0.2, 0.25) is 0 Å². The Morgan fingerprint density at radius 1 is 1.16 bits per heavy atom. The number of aromatic nitrogens is 2. The molecule has 0 saturated heterocycles. The Morgan fingerprint density at radius 2 is 2.00 bits per heavy atom. The Kier molecular flexibility index (Phi) is 6.86. The van der Waals surface area contributed by atoms with Gasteiger partial charge < -0.3 is 14.5 Å². The molecule has 0 unspecified atom stereocenters. The fourth-order valence-corrected chi connectivity index (χ4v) is 5.09. The molecule has 4 heterocycles. The maximum atomic E-state index is 14.4. The van der Waals surface area contributed by atoms with Crippen LogP contribution in [0.5, 0.6) is 0 Å². The predicted molar refractivity (Wildman–Crippen MR) is 137 cm³/mol. The van der Waals surface area contributed by atoms with Gasteiger partial charge in [0.2, 0.25) is 5.91 Å². The summed E-state index contributed by atoms with van der Waals surface area (Å²) in [5, 5.41) is 0.718. The van der Waals surface area contributed by atoms with Crippen molar-refractivity contribution in [2.24, 2.45) is 0 Å². The van der Waals surface area contributed by atoms with Crippen LogP contribution < -0.4 is 4.90 Å². The smallest absolute Gasteiger partial charge is 0.357 e. The fourth-order valence-electron chi connectivity index (χ4n) is 5.09. The number of hydrogen-bond acceptors (Lipinski definition) is 6. The van der Waals surface area contributed by atoms with Crippen molar-refractivity contribution in [1.82, 2.24) is 14.9 Å². The average Bonchev–Trinajstić information content (AvgIpc) is 2.91. The topological polar surface area (TPSA) is 75.6 Å². The van der Waals surface area contributed by atoms with E-state index in [0.717, 1.165) is 29.4 Å². The number of halogens is 2. The van der Waals surface area contributed by atoms with E-state index in [-0.39, 0.29) is 23.8 Å². The Bertz CT molecular complexity index is 1410. The van der Waals surface area contributed by atoms with Crippen LogP contribution in [0.15, 0.2) is 42.6 Å². The zero-order valence-corrected chi connectivity index (χ0v) is 20.8. The van der Waals surface area contributed by atoms with Crippen LogP contribution in [0.3, 0.4) is 0 Å². The fraction of sp³-hybridized carbons (Fsp3) is 0.357. The molecule has 0 bridgehead atoms. The van der Waals surface area contributed by atoms with E-state index in [9.17, 15) is 18.4 Å². The summed E-state index contributed by atoms with van der Waals surface area (Å²) in [7, 11) is 0. The van der Waals surface area contributed by atoms with Crippen molar-refractivity contribution in [3.8, 4) is 0 Å². The van der Waals surface area contributed by atoms with Crippen molar-refractivity contribution in [2.75, 3.05) is 31.1 Å². The van der Waals surface area contributed by atoms with Gasteiger partial charge in [0.05, 0.1) is 6.61 Å². The Labute approximate surface area is 213 Å². The number of pyridine rings is 2. The van der Waals surface area contributed by atoms with Gasteiger partial charge in [0.15, 0.2) is 11.5 Å². The number of fused-ring (bicyclic) bond motifs is 2. The van der Waals surface area contributed by atoms with Crippen molar-refractivity contribution >= 4 is 39.9 Å². The van der Waals surface area contributed by atoms with Gasteiger partial charge in [-0.2, -0.15) is 0 Å². The summed E-state index contributed by atoms with van der Waals surface area (Å²) in [6.07, 6.45) is 2.90. The van der Waals surface area contributed by atoms with Crippen LogP contribution in [0.25, 0.3) is 16.5 Å². The Hall–Kier alpha value is -3.88. The van der Waals surface area contributed by atoms with E-state index in [4.69, 9.17) is 4.74 Å². The number of amides is 1. The molecule has 7 nitrogen and oxygen atoms in total. The first-order valence-electron chi connectivity index (χ1n) is 12.5. The van der Waals surface area contributed by atoms with Gasteiger partial charge in [-0.05, 0) is 67.2 Å². The van der Waals surface area contributed by atoms with Gasteiger partial charge in [-0.3, -0.25) is 9.78 Å². The highest BCUT2D eigenvalue weighted by atomic mass is 19.3. The van der Waals surface area contributed by atoms with E-state index in [2.05, 4.69) is 9.97 Å². The van der Waals surface area contributed by atoms with Crippen molar-refractivity contribution < 1.29 is 23.1 Å². The third-order valence-corrected chi connectivity index (χ3v) is 6.91. The summed E-state index contributed by atoms with van der Waals surface area (Å²) in [6.45, 7) is 4.93. The number of aryl methyl sites for hydroxylation is 1. The molecule has 2 aliphatic rings. The van der Waals surface area contributed by atoms with E-state index in [1.807, 2.05) is 23.1 Å². The second-order valence-electron chi connectivity index (χ2n) is 9.20. The van der Waals surface area contributed by atoms with E-state index in [0.29, 0.717) is 48.6 Å². The standard InChI is InChI=1S/C28H28F2N4O3/c1-3-37-28(36)23-15-20-6-4-10-31-25(20)27(32-23)34-11-5-7-19-14-21(22(26(29)30)16-24(19)34)18-8-12-33(13-9-18)17(2)35/h4,6,8,10,14-16,26H,3,5,7,9,11-13H2,1-2H3. The highest BCUT2D eigenvalue weighted by Crippen LogP contribution is 2.41. The molecule has 3 aromatic rings. The third kappa shape index (κ3) is 4.77. The zero-order valence-electron chi connectivity index (χ0n) is 20.8. The van der Waals surface area contributed by atoms with Crippen molar-refractivity contribution in [3.63, 3.8) is 0 Å². The van der Waals surface area contributed by atoms with E-state index in [1.54, 1.807) is 36.2 Å². The van der Waals surface area contributed by atoms with Gasteiger partial charge in [0.1, 0.15) is 5.52 Å². The lowest BCUT2D eigenvalue weighted by Gasteiger charge is -2.33. The number of rotatable bonds is 5. The second kappa shape index (κ2) is 10.2. The SMILES string of the molecule is CCOC(=O)c1cc2cccnc2c(N2CCCc3cc(C4=CCN(C(C)=O)CC4)c(C(F)F)cc32)n1. The minimum Gasteiger partial charge on any atom is -0.461 e. The van der Waals surface area contributed by atoms with Gasteiger partial charge in [0.25, 0.3) is 6.43 Å². The van der Waals surface area contributed by atoms with E-state index in [1.165, 1.54) is 6.92 Å². The summed E-state index contributed by atoms with van der Waals surface area (Å²) in [4.78, 5) is 36.9. The molecule has 192 valence electrons. The minimum atomic E-state index is -2.68. The predicted octanol–water partition coefficient (Wildman–Crippen LogP) is 5.46. The molecule has 0 spiro atoms. The molecule has 1 amide bonds. The quantitative estimate of drug-likeness (QED) is 0.428. The van der Waals surface area contributed by atoms with Crippen molar-refractivity contribution in [2.45, 2.75) is 39.5 Å². The molecule has 0 atom stereocenters. The number of carbonyl (C=O) groups excluding carboxylic acids is 2. The molecule has 2 aliphatic heterocycles. The van der Waals surface area contributed by atoms with Crippen LogP contribution in [0, 0.1) is 0 Å². The molecular weight excluding hydrogens is 478 g/mol. The number of esters is 1. The van der Waals surface area contributed by atoms with Crippen LogP contribution in [-0.2, 0) is 16.0 Å². The number of hydrogen-bond donors (Lipinski definition) is 0. The molecular formula is C28H28F2N4O3. The summed E-state index contributed by atoms with van der Waals surface area (Å²) >= 11 is 0. The molecule has 0 N–H and O–H groups in total. The highest BCUT2D eigenvalue weighted by Gasteiger charge is 2.28. The third-order valence-electron chi connectivity index (χ3n) is 6.91. The number of ether oxygens (including phenoxy) is 1. The summed E-state index contributed by atoms with van der Waals surface area (Å²) in [5.41, 5.74) is 3.65. The number of anilines is 2. The maximum absolute atomic E-state index is 14.4. The van der Waals surface area contributed by atoms with Gasteiger partial charge in [-0.1, -0.05) is 12.1 Å². The largest absolute Gasteiger partial charge is 0.461 e. The van der Waals surface area contributed by atoms with Crippen molar-refractivity contribution in [1.29, 1.82) is 0 Å². The number of alkyl halides is 2.